The Bertz CT molecular complexity index is 528. The standard InChI is InChI=1S/C15H21F2N3S/c1-19-7-5-10(6-8-19)9-20(2)12-4-3-11(15(18)21)13(16)14(12)17/h3-4,10H,5-9H2,1-2H3,(H2,18,21). The van der Waals surface area contributed by atoms with Gasteiger partial charge in [0, 0.05) is 19.2 Å². The average molecular weight is 313 g/mol. The Morgan fingerprint density at radius 2 is 1.95 bits per heavy atom. The molecule has 116 valence electrons. The van der Waals surface area contributed by atoms with Crippen molar-refractivity contribution in [1.29, 1.82) is 0 Å². The Balaban J connectivity index is 2.11. The lowest BCUT2D eigenvalue weighted by molar-refractivity contribution is 0.222. The van der Waals surface area contributed by atoms with Gasteiger partial charge in [-0.1, -0.05) is 12.2 Å². The van der Waals surface area contributed by atoms with Crippen LogP contribution >= 0.6 is 12.2 Å². The first kappa shape index (κ1) is 16.1. The van der Waals surface area contributed by atoms with E-state index in [0.717, 1.165) is 32.5 Å². The highest BCUT2D eigenvalue weighted by molar-refractivity contribution is 7.80. The molecule has 0 radical (unpaired) electrons. The zero-order chi connectivity index (χ0) is 15.6. The van der Waals surface area contributed by atoms with Gasteiger partial charge in [0.05, 0.1) is 5.69 Å². The number of halogens is 2. The highest BCUT2D eigenvalue weighted by atomic mass is 32.1. The molecule has 1 aliphatic heterocycles. The van der Waals surface area contributed by atoms with Crippen LogP contribution in [0.5, 0.6) is 0 Å². The van der Waals surface area contributed by atoms with E-state index < -0.39 is 11.6 Å². The smallest absolute Gasteiger partial charge is 0.182 e. The van der Waals surface area contributed by atoms with Crippen molar-refractivity contribution in [2.75, 3.05) is 38.6 Å². The molecule has 0 atom stereocenters. The van der Waals surface area contributed by atoms with Crippen LogP contribution in [-0.2, 0) is 0 Å². The molecule has 1 fully saturated rings. The van der Waals surface area contributed by atoms with Gasteiger partial charge in [-0.05, 0) is 51.0 Å². The van der Waals surface area contributed by atoms with Gasteiger partial charge in [-0.3, -0.25) is 0 Å². The molecule has 1 aromatic carbocycles. The minimum absolute atomic E-state index is 0.0426. The fourth-order valence-corrected chi connectivity index (χ4v) is 2.91. The highest BCUT2D eigenvalue weighted by Crippen LogP contribution is 2.26. The molecule has 0 spiro atoms. The third-order valence-corrected chi connectivity index (χ3v) is 4.33. The lowest BCUT2D eigenvalue weighted by Gasteiger charge is -2.32. The lowest BCUT2D eigenvalue weighted by atomic mass is 9.96. The predicted octanol–water partition coefficient (Wildman–Crippen LogP) is 2.38. The van der Waals surface area contributed by atoms with Gasteiger partial charge in [0.2, 0.25) is 0 Å². The van der Waals surface area contributed by atoms with Gasteiger partial charge in [-0.2, -0.15) is 0 Å². The number of thiocarbonyl (C=S) groups is 1. The molecule has 6 heteroatoms. The van der Waals surface area contributed by atoms with E-state index in [4.69, 9.17) is 18.0 Å². The third-order valence-electron chi connectivity index (χ3n) is 4.11. The van der Waals surface area contributed by atoms with E-state index in [2.05, 4.69) is 11.9 Å². The summed E-state index contributed by atoms with van der Waals surface area (Å²) in [4.78, 5) is 3.93. The average Bonchev–Trinajstić information content (AvgIpc) is 2.43. The van der Waals surface area contributed by atoms with E-state index in [1.165, 1.54) is 6.07 Å². The van der Waals surface area contributed by atoms with Gasteiger partial charge in [0.1, 0.15) is 4.99 Å². The van der Waals surface area contributed by atoms with Gasteiger partial charge < -0.3 is 15.5 Å². The van der Waals surface area contributed by atoms with E-state index in [1.807, 2.05) is 0 Å². The Labute approximate surface area is 129 Å². The SMILES string of the molecule is CN1CCC(CN(C)c2ccc(C(N)=S)c(F)c2F)CC1. The van der Waals surface area contributed by atoms with Crippen molar-refractivity contribution < 1.29 is 8.78 Å². The third kappa shape index (κ3) is 3.68. The number of hydrogen-bond acceptors (Lipinski definition) is 3. The van der Waals surface area contributed by atoms with Gasteiger partial charge >= 0.3 is 0 Å². The lowest BCUT2D eigenvalue weighted by Crippen LogP contribution is -2.36. The second-order valence-corrected chi connectivity index (χ2v) is 6.19. The molecule has 0 amide bonds. The fourth-order valence-electron chi connectivity index (χ4n) is 2.75. The first-order valence-corrected chi connectivity index (χ1v) is 7.48. The molecule has 0 aliphatic carbocycles. The minimum atomic E-state index is -0.963. The summed E-state index contributed by atoms with van der Waals surface area (Å²) in [6.45, 7) is 2.82. The molecule has 2 rings (SSSR count). The van der Waals surface area contributed by atoms with E-state index in [9.17, 15) is 8.78 Å². The molecule has 0 aromatic heterocycles. The maximum atomic E-state index is 14.1. The quantitative estimate of drug-likeness (QED) is 0.865. The Kier molecular flexibility index (Phi) is 5.11. The van der Waals surface area contributed by atoms with Crippen LogP contribution in [0.1, 0.15) is 18.4 Å². The van der Waals surface area contributed by atoms with Crippen molar-refractivity contribution in [3.8, 4) is 0 Å². The van der Waals surface area contributed by atoms with E-state index in [-0.39, 0.29) is 16.2 Å². The topological polar surface area (TPSA) is 32.5 Å². The number of benzene rings is 1. The number of nitrogens with two attached hydrogens (primary N) is 1. The molecule has 1 heterocycles. The Morgan fingerprint density at radius 1 is 1.33 bits per heavy atom. The summed E-state index contributed by atoms with van der Waals surface area (Å²) in [5, 5.41) is 0. The van der Waals surface area contributed by atoms with Crippen molar-refractivity contribution in [3.05, 3.63) is 29.3 Å². The van der Waals surface area contributed by atoms with E-state index >= 15 is 0 Å². The first-order chi connectivity index (χ1) is 9.90. The van der Waals surface area contributed by atoms with Crippen LogP contribution in [0.3, 0.4) is 0 Å². The van der Waals surface area contributed by atoms with E-state index in [0.29, 0.717) is 5.92 Å². The number of anilines is 1. The van der Waals surface area contributed by atoms with Crippen LogP contribution in [0.25, 0.3) is 0 Å². The van der Waals surface area contributed by atoms with Crippen LogP contribution in [0.15, 0.2) is 12.1 Å². The number of nitrogens with zero attached hydrogens (tertiary/aromatic N) is 2. The van der Waals surface area contributed by atoms with Gasteiger partial charge in [-0.15, -0.1) is 0 Å². The van der Waals surface area contributed by atoms with Crippen LogP contribution in [0.4, 0.5) is 14.5 Å². The normalized spacial score (nSPS) is 17.0. The van der Waals surface area contributed by atoms with Crippen LogP contribution in [-0.4, -0.2) is 43.6 Å². The van der Waals surface area contributed by atoms with E-state index in [1.54, 1.807) is 18.0 Å². The van der Waals surface area contributed by atoms with Crippen molar-refractivity contribution in [2.45, 2.75) is 12.8 Å². The second-order valence-electron chi connectivity index (χ2n) is 5.75. The van der Waals surface area contributed by atoms with Crippen molar-refractivity contribution >= 4 is 22.9 Å². The number of likely N-dealkylation sites (tertiary alicyclic amines) is 1. The molecular weight excluding hydrogens is 292 g/mol. The summed E-state index contributed by atoms with van der Waals surface area (Å²) >= 11 is 4.71. The van der Waals surface area contributed by atoms with Gasteiger partial charge in [-0.25, -0.2) is 8.78 Å². The van der Waals surface area contributed by atoms with Crippen LogP contribution in [0.2, 0.25) is 0 Å². The zero-order valence-corrected chi connectivity index (χ0v) is 13.2. The maximum Gasteiger partial charge on any atom is 0.182 e. The molecule has 0 bridgehead atoms. The molecular formula is C15H21F2N3S. The predicted molar refractivity (Wildman–Crippen MR) is 85.7 cm³/mol. The Hall–Kier alpha value is -1.27. The molecule has 2 N–H and O–H groups in total. The fraction of sp³-hybridized carbons (Fsp3) is 0.533. The highest BCUT2D eigenvalue weighted by Gasteiger charge is 2.22. The zero-order valence-electron chi connectivity index (χ0n) is 12.4. The molecule has 0 unspecified atom stereocenters. The van der Waals surface area contributed by atoms with Crippen LogP contribution in [0, 0.1) is 17.6 Å². The van der Waals surface area contributed by atoms with Crippen LogP contribution < -0.4 is 10.6 Å². The van der Waals surface area contributed by atoms with Crippen molar-refractivity contribution in [1.82, 2.24) is 4.90 Å². The summed E-state index contributed by atoms with van der Waals surface area (Å²) in [5.74, 6) is -1.34. The van der Waals surface area contributed by atoms with Crippen molar-refractivity contribution in [3.63, 3.8) is 0 Å². The Morgan fingerprint density at radius 3 is 2.52 bits per heavy atom. The molecule has 1 aliphatic rings. The molecule has 1 aromatic rings. The summed E-state index contributed by atoms with van der Waals surface area (Å²) in [7, 11) is 3.89. The van der Waals surface area contributed by atoms with Crippen molar-refractivity contribution in [2.24, 2.45) is 11.7 Å². The summed E-state index contributed by atoms with van der Waals surface area (Å²) < 4.78 is 28.1. The van der Waals surface area contributed by atoms with Gasteiger partial charge in [0.25, 0.3) is 0 Å². The number of piperidine rings is 1. The molecule has 3 nitrogen and oxygen atoms in total. The minimum Gasteiger partial charge on any atom is -0.389 e. The number of hydrogen-bond donors (Lipinski definition) is 1. The summed E-state index contributed by atoms with van der Waals surface area (Å²) in [6, 6.07) is 2.99. The summed E-state index contributed by atoms with van der Waals surface area (Å²) in [5.41, 5.74) is 5.59. The van der Waals surface area contributed by atoms with Gasteiger partial charge in [0.15, 0.2) is 11.6 Å². The largest absolute Gasteiger partial charge is 0.389 e. The monoisotopic (exact) mass is 313 g/mol. The number of rotatable bonds is 4. The molecule has 0 saturated carbocycles. The summed E-state index contributed by atoms with van der Waals surface area (Å²) in [6.07, 6.45) is 2.16. The second kappa shape index (κ2) is 6.66. The molecule has 1 saturated heterocycles. The molecule has 21 heavy (non-hydrogen) atoms. The first-order valence-electron chi connectivity index (χ1n) is 7.07. The maximum absolute atomic E-state index is 14.1.